The Labute approximate surface area is 203 Å². The van der Waals surface area contributed by atoms with E-state index in [1.54, 1.807) is 25.1 Å². The molecule has 0 aliphatic carbocycles. The Morgan fingerprint density at radius 3 is 2.38 bits per heavy atom. The first-order valence-corrected chi connectivity index (χ1v) is 11.9. The number of nitrogens with zero attached hydrogens (tertiary/aromatic N) is 3. The molecule has 0 aromatic heterocycles. The molecular weight excluding hydrogens is 432 g/mol. The van der Waals surface area contributed by atoms with Gasteiger partial charge in [-0.1, -0.05) is 36.4 Å². The van der Waals surface area contributed by atoms with Gasteiger partial charge in [-0.05, 0) is 51.8 Å². The molecule has 8 heteroatoms. The minimum Gasteiger partial charge on any atom is -0.393 e. The first-order chi connectivity index (χ1) is 16.0. The summed E-state index contributed by atoms with van der Waals surface area (Å²) in [4.78, 5) is 43.5. The molecule has 1 heterocycles. The van der Waals surface area contributed by atoms with Gasteiger partial charge in [0.1, 0.15) is 6.04 Å². The van der Waals surface area contributed by atoms with Gasteiger partial charge in [-0.25, -0.2) is 0 Å². The molecule has 1 aliphatic heterocycles. The van der Waals surface area contributed by atoms with Crippen molar-refractivity contribution in [2.45, 2.75) is 57.2 Å². The number of aliphatic hydroxyl groups excluding tert-OH is 1. The van der Waals surface area contributed by atoms with Crippen molar-refractivity contribution in [3.05, 3.63) is 48.0 Å². The van der Waals surface area contributed by atoms with E-state index in [-0.39, 0.29) is 35.9 Å². The molecular formula is C26H40N4O4. The number of piperidine rings is 1. The molecule has 3 amide bonds. The molecule has 1 atom stereocenters. The second-order valence-corrected chi connectivity index (χ2v) is 9.70. The standard InChI is InChI=1S/C26H40N4O4/c1-26(2,27-3)15-9-12-23(32)28(4)19-24(33)29(5)22(18-20-10-7-6-8-11-20)25(34)30-16-13-21(31)14-17-30/h6-12,21-22,27,31H,13-19H2,1-5H3/b12-9+. The highest BCUT2D eigenvalue weighted by Gasteiger charge is 2.33. The Balaban J connectivity index is 2.07. The number of hydrogen-bond acceptors (Lipinski definition) is 5. The van der Waals surface area contributed by atoms with Crippen LogP contribution in [0.2, 0.25) is 0 Å². The summed E-state index contributed by atoms with van der Waals surface area (Å²) in [5, 5.41) is 13.0. The summed E-state index contributed by atoms with van der Waals surface area (Å²) in [5.74, 6) is -0.689. The van der Waals surface area contributed by atoms with E-state index in [2.05, 4.69) is 5.32 Å². The number of benzene rings is 1. The van der Waals surface area contributed by atoms with Gasteiger partial charge in [0.05, 0.1) is 12.6 Å². The summed E-state index contributed by atoms with van der Waals surface area (Å²) in [6.07, 6.45) is 5.04. The maximum atomic E-state index is 13.4. The van der Waals surface area contributed by atoms with Gasteiger partial charge >= 0.3 is 0 Å². The van der Waals surface area contributed by atoms with Crippen molar-refractivity contribution < 1.29 is 19.5 Å². The molecule has 1 unspecified atom stereocenters. The van der Waals surface area contributed by atoms with E-state index in [9.17, 15) is 19.5 Å². The van der Waals surface area contributed by atoms with Crippen LogP contribution >= 0.6 is 0 Å². The third kappa shape index (κ3) is 8.25. The van der Waals surface area contributed by atoms with Gasteiger partial charge in [0.2, 0.25) is 17.7 Å². The quantitative estimate of drug-likeness (QED) is 0.503. The molecule has 2 rings (SSSR count). The Morgan fingerprint density at radius 1 is 1.18 bits per heavy atom. The first-order valence-electron chi connectivity index (χ1n) is 11.9. The van der Waals surface area contributed by atoms with Crippen LogP contribution in [0.25, 0.3) is 0 Å². The second kappa shape index (κ2) is 12.7. The number of rotatable bonds is 10. The lowest BCUT2D eigenvalue weighted by atomic mass is 10.0. The number of carbonyl (C=O) groups excluding carboxylic acids is 3. The molecule has 0 radical (unpaired) electrons. The molecule has 34 heavy (non-hydrogen) atoms. The number of nitrogens with one attached hydrogen (secondary N) is 1. The lowest BCUT2D eigenvalue weighted by Crippen LogP contribution is -2.54. The number of amides is 3. The van der Waals surface area contributed by atoms with E-state index in [1.807, 2.05) is 51.2 Å². The van der Waals surface area contributed by atoms with Crippen molar-refractivity contribution in [2.75, 3.05) is 40.8 Å². The number of carbonyl (C=O) groups is 3. The van der Waals surface area contributed by atoms with Gasteiger partial charge in [0.25, 0.3) is 0 Å². The van der Waals surface area contributed by atoms with Crippen LogP contribution in [0, 0.1) is 0 Å². The fraction of sp³-hybridized carbons (Fsp3) is 0.577. The molecule has 2 N–H and O–H groups in total. The van der Waals surface area contributed by atoms with Crippen LogP contribution in [0.3, 0.4) is 0 Å². The number of hydrogen-bond donors (Lipinski definition) is 2. The first kappa shape index (κ1) is 27.5. The zero-order chi connectivity index (χ0) is 25.3. The van der Waals surface area contributed by atoms with Crippen LogP contribution in [-0.2, 0) is 20.8 Å². The van der Waals surface area contributed by atoms with E-state index >= 15 is 0 Å². The Bertz CT molecular complexity index is 848. The molecule has 8 nitrogen and oxygen atoms in total. The van der Waals surface area contributed by atoms with Gasteiger partial charge < -0.3 is 25.1 Å². The van der Waals surface area contributed by atoms with Crippen molar-refractivity contribution in [1.82, 2.24) is 20.0 Å². The van der Waals surface area contributed by atoms with Crippen LogP contribution in [0.15, 0.2) is 42.5 Å². The van der Waals surface area contributed by atoms with Crippen molar-refractivity contribution in [2.24, 2.45) is 0 Å². The second-order valence-electron chi connectivity index (χ2n) is 9.70. The maximum absolute atomic E-state index is 13.4. The lowest BCUT2D eigenvalue weighted by Gasteiger charge is -2.36. The predicted molar refractivity (Wildman–Crippen MR) is 133 cm³/mol. The Morgan fingerprint density at radius 2 is 1.79 bits per heavy atom. The lowest BCUT2D eigenvalue weighted by molar-refractivity contribution is -0.147. The van der Waals surface area contributed by atoms with Gasteiger partial charge in [0.15, 0.2) is 0 Å². The van der Waals surface area contributed by atoms with E-state index < -0.39 is 6.04 Å². The fourth-order valence-electron chi connectivity index (χ4n) is 3.77. The van der Waals surface area contributed by atoms with Gasteiger partial charge in [0, 0.05) is 39.1 Å². The van der Waals surface area contributed by atoms with Crippen LogP contribution in [0.1, 0.15) is 38.7 Å². The highest BCUT2D eigenvalue weighted by atomic mass is 16.3. The predicted octanol–water partition coefficient (Wildman–Crippen LogP) is 1.44. The van der Waals surface area contributed by atoms with Crippen LogP contribution in [0.5, 0.6) is 0 Å². The largest absolute Gasteiger partial charge is 0.393 e. The van der Waals surface area contributed by atoms with Crippen LogP contribution in [-0.4, -0.2) is 96.0 Å². The minimum absolute atomic E-state index is 0.119. The minimum atomic E-state index is -0.680. The molecule has 0 bridgehead atoms. The average Bonchev–Trinajstić information content (AvgIpc) is 2.82. The summed E-state index contributed by atoms with van der Waals surface area (Å²) in [6.45, 7) is 4.90. The number of likely N-dealkylation sites (N-methyl/N-ethyl adjacent to an activating group) is 2. The van der Waals surface area contributed by atoms with E-state index in [1.165, 1.54) is 15.9 Å². The third-order valence-electron chi connectivity index (χ3n) is 6.51. The SMILES string of the molecule is CNC(C)(C)C/C=C/C(=O)N(C)CC(=O)N(C)C(Cc1ccccc1)C(=O)N1CCC(O)CC1. The molecule has 1 aromatic carbocycles. The normalized spacial score (nSPS) is 15.9. The highest BCUT2D eigenvalue weighted by Crippen LogP contribution is 2.16. The zero-order valence-corrected chi connectivity index (χ0v) is 21.2. The van der Waals surface area contributed by atoms with E-state index in [4.69, 9.17) is 0 Å². The van der Waals surface area contributed by atoms with Gasteiger partial charge in [-0.3, -0.25) is 14.4 Å². The summed E-state index contributed by atoms with van der Waals surface area (Å²) in [6, 6.07) is 8.92. The summed E-state index contributed by atoms with van der Waals surface area (Å²) >= 11 is 0. The number of likely N-dealkylation sites (tertiary alicyclic amines) is 1. The molecule has 0 saturated carbocycles. The van der Waals surface area contributed by atoms with Gasteiger partial charge in [-0.15, -0.1) is 0 Å². The molecule has 0 spiro atoms. The highest BCUT2D eigenvalue weighted by molar-refractivity contribution is 5.93. The molecule has 188 valence electrons. The van der Waals surface area contributed by atoms with Crippen molar-refractivity contribution in [3.8, 4) is 0 Å². The summed E-state index contributed by atoms with van der Waals surface area (Å²) < 4.78 is 0. The van der Waals surface area contributed by atoms with Crippen molar-refractivity contribution in [3.63, 3.8) is 0 Å². The van der Waals surface area contributed by atoms with Crippen LogP contribution in [0.4, 0.5) is 0 Å². The van der Waals surface area contributed by atoms with Crippen LogP contribution < -0.4 is 5.32 Å². The van der Waals surface area contributed by atoms with Crippen molar-refractivity contribution in [1.29, 1.82) is 0 Å². The van der Waals surface area contributed by atoms with Gasteiger partial charge in [-0.2, -0.15) is 0 Å². The summed E-state index contributed by atoms with van der Waals surface area (Å²) in [7, 11) is 5.08. The maximum Gasteiger partial charge on any atom is 0.246 e. The van der Waals surface area contributed by atoms with Crippen molar-refractivity contribution >= 4 is 17.7 Å². The topological polar surface area (TPSA) is 93.2 Å². The smallest absolute Gasteiger partial charge is 0.246 e. The molecule has 1 fully saturated rings. The molecule has 1 aliphatic rings. The fourth-order valence-corrected chi connectivity index (χ4v) is 3.77. The third-order valence-corrected chi connectivity index (χ3v) is 6.51. The average molecular weight is 473 g/mol. The van der Waals surface area contributed by atoms with E-state index in [0.717, 1.165) is 5.56 Å². The summed E-state index contributed by atoms with van der Waals surface area (Å²) in [5.41, 5.74) is 0.832. The van der Waals surface area contributed by atoms with E-state index in [0.29, 0.717) is 38.8 Å². The molecule has 1 saturated heterocycles. The molecule has 1 aromatic rings. The Kier molecular flexibility index (Phi) is 10.3. The zero-order valence-electron chi connectivity index (χ0n) is 21.2. The Hall–Kier alpha value is -2.71. The monoisotopic (exact) mass is 472 g/mol. The number of aliphatic hydroxyl groups is 1.